The molecule has 12 nitrogen and oxygen atoms in total. The summed E-state index contributed by atoms with van der Waals surface area (Å²) >= 11 is 3.28. The molecular weight excluding hydrogens is 806 g/mol. The van der Waals surface area contributed by atoms with Crippen molar-refractivity contribution in [3.05, 3.63) is 106 Å². The Morgan fingerprint density at radius 1 is 0.789 bits per heavy atom. The van der Waals surface area contributed by atoms with Gasteiger partial charge in [-0.2, -0.15) is 0 Å². The molecule has 6 rings (SSSR count). The van der Waals surface area contributed by atoms with Crippen molar-refractivity contribution in [3.63, 3.8) is 0 Å². The maximum atomic E-state index is 14.4. The van der Waals surface area contributed by atoms with Crippen LogP contribution in [0.4, 0.5) is 8.78 Å². The van der Waals surface area contributed by atoms with Crippen molar-refractivity contribution in [1.82, 2.24) is 19.8 Å². The number of carbonyl (C=O) groups is 4. The van der Waals surface area contributed by atoms with Gasteiger partial charge in [-0.25, -0.2) is 28.3 Å². The molecule has 0 bridgehead atoms. The van der Waals surface area contributed by atoms with Crippen LogP contribution < -0.4 is 0 Å². The van der Waals surface area contributed by atoms with Crippen LogP contribution in [0.3, 0.4) is 0 Å². The van der Waals surface area contributed by atoms with Gasteiger partial charge in [0, 0.05) is 61.2 Å². The largest absolute Gasteiger partial charge is 0.461 e. The number of terminal acetylenes is 1. The molecular formula is C42H39BrF2N4O8. The minimum atomic E-state index is -1.73. The molecule has 2 fully saturated rings. The number of aromatic nitrogens is 2. The van der Waals surface area contributed by atoms with Crippen LogP contribution in [0, 0.1) is 35.8 Å². The zero-order valence-corrected chi connectivity index (χ0v) is 33.1. The summed E-state index contributed by atoms with van der Waals surface area (Å²) in [4.78, 5) is 57.6. The fourth-order valence-corrected chi connectivity index (χ4v) is 5.79. The molecule has 0 radical (unpaired) electrons. The van der Waals surface area contributed by atoms with Crippen LogP contribution in [0.5, 0.6) is 0 Å². The van der Waals surface area contributed by atoms with Gasteiger partial charge in [-0.15, -0.1) is 6.42 Å². The third kappa shape index (κ3) is 10.9. The highest BCUT2D eigenvalue weighted by atomic mass is 79.9. The standard InChI is InChI=1S/C21H19FN2O4.C14H11BrFNO2.C7H9NO2/c1-3-28-19(25)18-6-4-5-17(23-18)15-13-14(7-8-16(15)22)9-10-21(27)11-12-24(2)20(21)26;1-2-19-14(18)13-5-3-4-12(17-13)10-8-9(15)6-7-11(10)16;1-3-7(10)4-5-8(2)6(7)9/h4-8,13,27H,3,11-12H2,1-2H3;3-8H,2H2,1H3;1,10H,4-5H2,2H3/t21-;;7-/m0.0/s1. The lowest BCUT2D eigenvalue weighted by Crippen LogP contribution is -2.37. The van der Waals surface area contributed by atoms with Crippen molar-refractivity contribution in [2.24, 2.45) is 0 Å². The maximum Gasteiger partial charge on any atom is 0.356 e. The number of likely N-dealkylation sites (N-methyl/N-ethyl adjacent to an activating group) is 2. The molecule has 2 N–H and O–H groups in total. The van der Waals surface area contributed by atoms with Crippen molar-refractivity contribution < 1.29 is 47.6 Å². The van der Waals surface area contributed by atoms with E-state index in [1.54, 1.807) is 64.3 Å². The lowest BCUT2D eigenvalue weighted by atomic mass is 10.0. The summed E-state index contributed by atoms with van der Waals surface area (Å²) in [7, 11) is 3.22. The molecule has 296 valence electrons. The first-order valence-corrected chi connectivity index (χ1v) is 18.4. The first-order valence-electron chi connectivity index (χ1n) is 17.6. The Bertz CT molecular complexity index is 2270. The van der Waals surface area contributed by atoms with E-state index in [1.807, 2.05) is 0 Å². The summed E-state index contributed by atoms with van der Waals surface area (Å²) in [5.41, 5.74) is -1.47. The van der Waals surface area contributed by atoms with E-state index < -0.39 is 40.7 Å². The summed E-state index contributed by atoms with van der Waals surface area (Å²) in [5.74, 6) is 4.57. The molecule has 15 heteroatoms. The summed E-state index contributed by atoms with van der Waals surface area (Å²) in [6.45, 7) is 4.85. The van der Waals surface area contributed by atoms with Crippen molar-refractivity contribution in [2.75, 3.05) is 40.4 Å². The summed E-state index contributed by atoms with van der Waals surface area (Å²) in [6, 6.07) is 18.2. The Morgan fingerprint density at radius 3 is 1.70 bits per heavy atom. The summed E-state index contributed by atoms with van der Waals surface area (Å²) in [5, 5.41) is 19.7. The zero-order chi connectivity index (χ0) is 41.9. The smallest absolute Gasteiger partial charge is 0.356 e. The van der Waals surface area contributed by atoms with Crippen molar-refractivity contribution in [2.45, 2.75) is 37.9 Å². The van der Waals surface area contributed by atoms with Crippen LogP contribution >= 0.6 is 15.9 Å². The number of esters is 2. The van der Waals surface area contributed by atoms with Crippen LogP contribution in [0.25, 0.3) is 22.5 Å². The Hall–Kier alpha value is -6.00. The lowest BCUT2D eigenvalue weighted by Gasteiger charge is -2.13. The van der Waals surface area contributed by atoms with Crippen LogP contribution in [0.2, 0.25) is 0 Å². The lowest BCUT2D eigenvalue weighted by molar-refractivity contribution is -0.138. The molecule has 2 aromatic heterocycles. The van der Waals surface area contributed by atoms with Gasteiger partial charge in [-0.1, -0.05) is 45.8 Å². The van der Waals surface area contributed by atoms with Gasteiger partial charge in [0.2, 0.25) is 11.2 Å². The molecule has 57 heavy (non-hydrogen) atoms. The number of ether oxygens (including phenoxy) is 2. The summed E-state index contributed by atoms with van der Waals surface area (Å²) in [6.07, 6.45) is 5.53. The molecule has 2 aliphatic heterocycles. The predicted octanol–water partition coefficient (Wildman–Crippen LogP) is 5.05. The van der Waals surface area contributed by atoms with E-state index >= 15 is 0 Å². The monoisotopic (exact) mass is 844 g/mol. The van der Waals surface area contributed by atoms with Gasteiger partial charge in [0.15, 0.2) is 0 Å². The van der Waals surface area contributed by atoms with E-state index in [9.17, 15) is 38.2 Å². The molecule has 4 aromatic rings. The van der Waals surface area contributed by atoms with Gasteiger partial charge in [0.05, 0.1) is 24.6 Å². The third-order valence-electron chi connectivity index (χ3n) is 8.59. The zero-order valence-electron chi connectivity index (χ0n) is 31.5. The summed E-state index contributed by atoms with van der Waals surface area (Å²) < 4.78 is 38.6. The molecule has 2 saturated heterocycles. The van der Waals surface area contributed by atoms with E-state index in [-0.39, 0.29) is 48.2 Å². The second-order valence-electron chi connectivity index (χ2n) is 12.6. The van der Waals surface area contributed by atoms with Crippen LogP contribution in [0.1, 0.15) is 53.2 Å². The predicted molar refractivity (Wildman–Crippen MR) is 209 cm³/mol. The highest BCUT2D eigenvalue weighted by Crippen LogP contribution is 2.26. The average molecular weight is 846 g/mol. The Balaban J connectivity index is 0.000000213. The van der Waals surface area contributed by atoms with Gasteiger partial charge in [0.1, 0.15) is 23.0 Å². The minimum Gasteiger partial charge on any atom is -0.461 e. The molecule has 0 unspecified atom stereocenters. The normalized spacial score (nSPS) is 18.2. The second-order valence-corrected chi connectivity index (χ2v) is 13.6. The second kappa shape index (κ2) is 19.2. The Labute approximate surface area is 337 Å². The molecule has 0 aliphatic carbocycles. The van der Waals surface area contributed by atoms with Crippen LogP contribution in [-0.2, 0) is 19.1 Å². The highest BCUT2D eigenvalue weighted by molar-refractivity contribution is 9.10. The molecule has 2 aromatic carbocycles. The van der Waals surface area contributed by atoms with Gasteiger partial charge in [0.25, 0.3) is 11.8 Å². The molecule has 2 aliphatic rings. The molecule has 0 spiro atoms. The van der Waals surface area contributed by atoms with E-state index in [4.69, 9.17) is 15.9 Å². The first kappa shape index (κ1) is 43.7. The average Bonchev–Trinajstić information content (AvgIpc) is 3.63. The highest BCUT2D eigenvalue weighted by Gasteiger charge is 2.43. The number of hydrogen-bond donors (Lipinski definition) is 2. The molecule has 2 atom stereocenters. The number of aliphatic hydroxyl groups is 2. The number of pyridine rings is 2. The van der Waals surface area contributed by atoms with E-state index in [0.717, 1.165) is 4.47 Å². The fraction of sp³-hybridized carbons (Fsp3) is 0.286. The van der Waals surface area contributed by atoms with E-state index in [1.165, 1.54) is 46.2 Å². The van der Waals surface area contributed by atoms with Gasteiger partial charge >= 0.3 is 11.9 Å². The number of amides is 2. The SMILES string of the molecule is C#C[C@]1(O)CCN(C)C1=O.CCOC(=O)c1cccc(-c2cc(Br)ccc2F)n1.CCOC(=O)c1cccc(-c2cc(C#C[C@]3(O)CCN(C)C3=O)ccc2F)n1. The molecule has 0 saturated carbocycles. The van der Waals surface area contributed by atoms with E-state index in [0.29, 0.717) is 36.3 Å². The quantitative estimate of drug-likeness (QED) is 0.199. The fourth-order valence-electron chi connectivity index (χ4n) is 5.43. The molecule has 4 heterocycles. The van der Waals surface area contributed by atoms with Gasteiger partial charge < -0.3 is 29.5 Å². The number of nitrogens with zero attached hydrogens (tertiary/aromatic N) is 4. The van der Waals surface area contributed by atoms with E-state index in [2.05, 4.69) is 43.7 Å². The number of likely N-dealkylation sites (tertiary alicyclic amines) is 2. The van der Waals surface area contributed by atoms with Crippen LogP contribution in [0.15, 0.2) is 77.3 Å². The Morgan fingerprint density at radius 2 is 1.26 bits per heavy atom. The van der Waals surface area contributed by atoms with Crippen molar-refractivity contribution >= 4 is 39.7 Å². The first-order chi connectivity index (χ1) is 27.0. The number of rotatable bonds is 6. The Kier molecular flexibility index (Phi) is 14.8. The third-order valence-corrected chi connectivity index (χ3v) is 9.08. The minimum absolute atomic E-state index is 0.0733. The number of carbonyl (C=O) groups excluding carboxylic acids is 4. The maximum absolute atomic E-state index is 14.4. The number of benzene rings is 2. The number of hydrogen-bond acceptors (Lipinski definition) is 10. The van der Waals surface area contributed by atoms with Gasteiger partial charge in [-0.3, -0.25) is 9.59 Å². The molecule has 2 amide bonds. The topological polar surface area (TPSA) is 159 Å². The van der Waals surface area contributed by atoms with Crippen molar-refractivity contribution in [3.8, 4) is 46.7 Å². The van der Waals surface area contributed by atoms with Crippen LogP contribution in [-0.4, -0.2) is 105 Å². The van der Waals surface area contributed by atoms with Gasteiger partial charge in [-0.05, 0) is 74.5 Å². The number of halogens is 3. The van der Waals surface area contributed by atoms with Crippen molar-refractivity contribution in [1.29, 1.82) is 0 Å².